The van der Waals surface area contributed by atoms with Crippen LogP contribution >= 0.6 is 11.8 Å². The SMILES string of the molecule is COC(=O)C1CSc2c(C3CC3)c(Cc3ccccc3)cc(=O)n21. The van der Waals surface area contributed by atoms with Gasteiger partial charge < -0.3 is 4.74 Å². The molecule has 124 valence electrons. The quantitative estimate of drug-likeness (QED) is 0.802. The molecule has 2 heterocycles. The van der Waals surface area contributed by atoms with E-state index in [2.05, 4.69) is 12.1 Å². The van der Waals surface area contributed by atoms with Crippen molar-refractivity contribution in [2.75, 3.05) is 12.9 Å². The van der Waals surface area contributed by atoms with Gasteiger partial charge in [0.1, 0.15) is 6.04 Å². The predicted octanol–water partition coefficient (Wildman–Crippen LogP) is 3.14. The molecule has 5 heteroatoms. The zero-order chi connectivity index (χ0) is 16.7. The Morgan fingerprint density at radius 3 is 2.71 bits per heavy atom. The molecule has 0 bridgehead atoms. The van der Waals surface area contributed by atoms with Gasteiger partial charge in [0.25, 0.3) is 5.56 Å². The molecule has 1 aromatic carbocycles. The van der Waals surface area contributed by atoms with Crippen molar-refractivity contribution in [1.82, 2.24) is 4.57 Å². The third-order valence-corrected chi connectivity index (χ3v) is 5.89. The lowest BCUT2D eigenvalue weighted by Crippen LogP contribution is -2.30. The summed E-state index contributed by atoms with van der Waals surface area (Å²) in [6, 6.07) is 11.5. The van der Waals surface area contributed by atoms with Crippen molar-refractivity contribution >= 4 is 17.7 Å². The number of aromatic nitrogens is 1. The Labute approximate surface area is 144 Å². The highest BCUT2D eigenvalue weighted by Gasteiger charge is 2.37. The number of pyridine rings is 1. The van der Waals surface area contributed by atoms with Crippen LogP contribution < -0.4 is 5.56 Å². The summed E-state index contributed by atoms with van der Waals surface area (Å²) in [5.41, 5.74) is 3.49. The first-order chi connectivity index (χ1) is 11.7. The third-order valence-electron chi connectivity index (χ3n) is 4.72. The topological polar surface area (TPSA) is 48.3 Å². The largest absolute Gasteiger partial charge is 0.467 e. The highest BCUT2D eigenvalue weighted by Crippen LogP contribution is 2.48. The summed E-state index contributed by atoms with van der Waals surface area (Å²) < 4.78 is 6.53. The molecule has 4 nitrogen and oxygen atoms in total. The van der Waals surface area contributed by atoms with Crippen molar-refractivity contribution in [2.45, 2.75) is 36.2 Å². The number of nitrogens with zero attached hydrogens (tertiary/aromatic N) is 1. The van der Waals surface area contributed by atoms with Gasteiger partial charge in [-0.25, -0.2) is 4.79 Å². The van der Waals surface area contributed by atoms with E-state index in [0.29, 0.717) is 11.7 Å². The van der Waals surface area contributed by atoms with E-state index in [0.717, 1.165) is 29.9 Å². The van der Waals surface area contributed by atoms with Crippen LogP contribution in [0.1, 0.15) is 41.5 Å². The molecule has 1 atom stereocenters. The molecule has 0 saturated heterocycles. The molecule has 4 rings (SSSR count). The zero-order valence-corrected chi connectivity index (χ0v) is 14.3. The Morgan fingerprint density at radius 2 is 2.04 bits per heavy atom. The normalized spacial score (nSPS) is 19.1. The Hall–Kier alpha value is -2.01. The molecule has 1 fully saturated rings. The number of hydrogen-bond acceptors (Lipinski definition) is 4. The minimum absolute atomic E-state index is 0.0965. The van der Waals surface area contributed by atoms with Gasteiger partial charge in [-0.3, -0.25) is 9.36 Å². The van der Waals surface area contributed by atoms with Gasteiger partial charge in [0.15, 0.2) is 0 Å². The zero-order valence-electron chi connectivity index (χ0n) is 13.5. The van der Waals surface area contributed by atoms with Crippen LogP contribution in [0.3, 0.4) is 0 Å². The van der Waals surface area contributed by atoms with Gasteiger partial charge in [0, 0.05) is 11.8 Å². The van der Waals surface area contributed by atoms with Crippen molar-refractivity contribution in [2.24, 2.45) is 0 Å². The minimum atomic E-state index is -0.495. The molecule has 1 aromatic heterocycles. The van der Waals surface area contributed by atoms with Crippen molar-refractivity contribution in [3.63, 3.8) is 0 Å². The van der Waals surface area contributed by atoms with Gasteiger partial charge in [-0.15, -0.1) is 11.8 Å². The highest BCUT2D eigenvalue weighted by atomic mass is 32.2. The van der Waals surface area contributed by atoms with E-state index in [1.165, 1.54) is 18.2 Å². The third kappa shape index (κ3) is 2.67. The second-order valence-electron chi connectivity index (χ2n) is 6.38. The van der Waals surface area contributed by atoms with Gasteiger partial charge >= 0.3 is 5.97 Å². The Bertz CT molecular complexity index is 840. The summed E-state index contributed by atoms with van der Waals surface area (Å²) in [6.45, 7) is 0. The van der Waals surface area contributed by atoms with Crippen LogP contribution in [0.4, 0.5) is 0 Å². The van der Waals surface area contributed by atoms with Crippen molar-refractivity contribution in [1.29, 1.82) is 0 Å². The molecule has 1 saturated carbocycles. The fourth-order valence-corrected chi connectivity index (χ4v) is 4.83. The number of carbonyl (C=O) groups is 1. The lowest BCUT2D eigenvalue weighted by Gasteiger charge is -2.17. The summed E-state index contributed by atoms with van der Waals surface area (Å²) in [5.74, 6) is 0.770. The van der Waals surface area contributed by atoms with E-state index >= 15 is 0 Å². The number of carbonyl (C=O) groups excluding carboxylic acids is 1. The van der Waals surface area contributed by atoms with Crippen molar-refractivity contribution in [3.8, 4) is 0 Å². The molecule has 1 aliphatic heterocycles. The first-order valence-corrected chi connectivity index (χ1v) is 9.20. The molecule has 1 unspecified atom stereocenters. The second kappa shape index (κ2) is 6.13. The van der Waals surface area contributed by atoms with Gasteiger partial charge in [0.05, 0.1) is 12.1 Å². The Kier molecular flexibility index (Phi) is 3.96. The van der Waals surface area contributed by atoms with Crippen molar-refractivity contribution in [3.05, 3.63) is 63.4 Å². The summed E-state index contributed by atoms with van der Waals surface area (Å²) in [5, 5.41) is 0.978. The van der Waals surface area contributed by atoms with Gasteiger partial charge in [-0.05, 0) is 41.9 Å². The maximum Gasteiger partial charge on any atom is 0.329 e. The number of fused-ring (bicyclic) bond motifs is 1. The van der Waals surface area contributed by atoms with E-state index in [9.17, 15) is 9.59 Å². The van der Waals surface area contributed by atoms with E-state index < -0.39 is 6.04 Å². The molecule has 0 spiro atoms. The molecular weight excluding hydrogens is 322 g/mol. The molecule has 2 aromatic rings. The molecule has 0 amide bonds. The van der Waals surface area contributed by atoms with E-state index in [1.54, 1.807) is 22.4 Å². The van der Waals surface area contributed by atoms with E-state index in [4.69, 9.17) is 4.74 Å². The molecule has 0 N–H and O–H groups in total. The van der Waals surface area contributed by atoms with Crippen LogP contribution in [0.15, 0.2) is 46.2 Å². The molecule has 2 aliphatic rings. The van der Waals surface area contributed by atoms with Gasteiger partial charge in [-0.1, -0.05) is 30.3 Å². The number of hydrogen-bond donors (Lipinski definition) is 0. The van der Waals surface area contributed by atoms with Crippen LogP contribution in [-0.4, -0.2) is 23.4 Å². The monoisotopic (exact) mass is 341 g/mol. The van der Waals surface area contributed by atoms with Crippen LogP contribution in [0.2, 0.25) is 0 Å². The lowest BCUT2D eigenvalue weighted by atomic mass is 9.98. The average Bonchev–Trinajstić information content (AvgIpc) is 3.32. The average molecular weight is 341 g/mol. The summed E-state index contributed by atoms with van der Waals surface area (Å²) in [4.78, 5) is 24.7. The molecule has 24 heavy (non-hydrogen) atoms. The maximum absolute atomic E-state index is 12.7. The fourth-order valence-electron chi connectivity index (χ4n) is 3.42. The molecule has 1 aliphatic carbocycles. The van der Waals surface area contributed by atoms with Crippen LogP contribution in [-0.2, 0) is 16.0 Å². The first-order valence-electron chi connectivity index (χ1n) is 8.22. The molecular formula is C19H19NO3S. The van der Waals surface area contributed by atoms with Crippen LogP contribution in [0.25, 0.3) is 0 Å². The summed E-state index contributed by atoms with van der Waals surface area (Å²) >= 11 is 1.62. The Balaban J connectivity index is 1.81. The van der Waals surface area contributed by atoms with Crippen LogP contribution in [0.5, 0.6) is 0 Å². The van der Waals surface area contributed by atoms with Gasteiger partial charge in [0.2, 0.25) is 0 Å². The first kappa shape index (κ1) is 15.5. The van der Waals surface area contributed by atoms with Crippen molar-refractivity contribution < 1.29 is 9.53 Å². The number of methoxy groups -OCH3 is 1. The number of esters is 1. The number of ether oxygens (including phenoxy) is 1. The lowest BCUT2D eigenvalue weighted by molar-refractivity contribution is -0.143. The molecule has 0 radical (unpaired) electrons. The standard InChI is InChI=1S/C19H19NO3S/c1-23-19(22)15-11-24-18-17(13-7-8-13)14(10-16(21)20(15)18)9-12-5-3-2-4-6-12/h2-6,10,13,15H,7-9,11H2,1H3. The maximum atomic E-state index is 12.7. The van der Waals surface area contributed by atoms with E-state index in [1.807, 2.05) is 18.2 Å². The highest BCUT2D eigenvalue weighted by molar-refractivity contribution is 7.99. The summed E-state index contributed by atoms with van der Waals surface area (Å²) in [7, 11) is 1.38. The number of rotatable bonds is 4. The smallest absolute Gasteiger partial charge is 0.329 e. The minimum Gasteiger partial charge on any atom is -0.467 e. The fraction of sp³-hybridized carbons (Fsp3) is 0.368. The predicted molar refractivity (Wildman–Crippen MR) is 93.7 cm³/mol. The number of thioether (sulfide) groups is 1. The summed E-state index contributed by atoms with van der Waals surface area (Å²) in [6.07, 6.45) is 3.09. The van der Waals surface area contributed by atoms with Gasteiger partial charge in [-0.2, -0.15) is 0 Å². The van der Waals surface area contributed by atoms with Crippen LogP contribution in [0, 0.1) is 0 Å². The Morgan fingerprint density at radius 1 is 1.29 bits per heavy atom. The van der Waals surface area contributed by atoms with E-state index in [-0.39, 0.29) is 11.5 Å². The number of benzene rings is 1. The second-order valence-corrected chi connectivity index (χ2v) is 7.39.